The van der Waals surface area contributed by atoms with Gasteiger partial charge in [0.05, 0.1) is 26.4 Å². The van der Waals surface area contributed by atoms with Crippen LogP contribution in [0.15, 0.2) is 18.2 Å². The summed E-state index contributed by atoms with van der Waals surface area (Å²) < 4.78 is 10.6. The number of β-amino-alcohol motifs (C(OH)–C–C–N with tert-alkyl or cyclic N) is 1. The fourth-order valence-corrected chi connectivity index (χ4v) is 2.71. The molecule has 0 radical (unpaired) electrons. The first-order valence-electron chi connectivity index (χ1n) is 7.79. The van der Waals surface area contributed by atoms with Crippen LogP contribution >= 0.6 is 0 Å². The molecular formula is C17H26N2O4. The topological polar surface area (TPSA) is 79.8 Å². The van der Waals surface area contributed by atoms with E-state index in [1.54, 1.807) is 14.2 Å². The van der Waals surface area contributed by atoms with Crippen molar-refractivity contribution in [2.45, 2.75) is 37.8 Å². The van der Waals surface area contributed by atoms with Gasteiger partial charge in [-0.3, -0.25) is 4.79 Å². The zero-order valence-corrected chi connectivity index (χ0v) is 14.2. The maximum Gasteiger partial charge on any atom is 0.237 e. The molecule has 23 heavy (non-hydrogen) atoms. The number of hydrogen-bond acceptors (Lipinski definition) is 5. The summed E-state index contributed by atoms with van der Waals surface area (Å²) in [5.41, 5.74) is 0.793. The Labute approximate surface area is 137 Å². The van der Waals surface area contributed by atoms with Gasteiger partial charge in [-0.2, -0.15) is 0 Å². The van der Waals surface area contributed by atoms with Crippen molar-refractivity contribution in [3.8, 4) is 11.5 Å². The van der Waals surface area contributed by atoms with Gasteiger partial charge in [-0.05, 0) is 24.1 Å². The van der Waals surface area contributed by atoms with Crippen LogP contribution in [0.5, 0.6) is 11.5 Å². The number of hydrogen-bond donors (Lipinski definition) is 3. The first-order chi connectivity index (χ1) is 10.9. The summed E-state index contributed by atoms with van der Waals surface area (Å²) in [5, 5.41) is 15.5. The molecule has 1 saturated heterocycles. The minimum Gasteiger partial charge on any atom is -0.493 e. The first kappa shape index (κ1) is 17.6. The summed E-state index contributed by atoms with van der Waals surface area (Å²) in [7, 11) is 3.21. The number of nitrogens with one attached hydrogen (secondary N) is 2. The second-order valence-corrected chi connectivity index (χ2v) is 6.52. The van der Waals surface area contributed by atoms with Crippen LogP contribution in [0.2, 0.25) is 0 Å². The summed E-state index contributed by atoms with van der Waals surface area (Å²) in [5.74, 6) is 1.28. The Bertz CT molecular complexity index is 560. The van der Waals surface area contributed by atoms with Crippen molar-refractivity contribution in [1.29, 1.82) is 0 Å². The molecule has 2 rings (SSSR count). The van der Waals surface area contributed by atoms with E-state index in [1.807, 2.05) is 18.2 Å². The van der Waals surface area contributed by atoms with Crippen LogP contribution in [-0.4, -0.2) is 50.5 Å². The molecule has 1 fully saturated rings. The van der Waals surface area contributed by atoms with Crippen molar-refractivity contribution in [2.24, 2.45) is 0 Å². The van der Waals surface area contributed by atoms with Crippen LogP contribution in [0.1, 0.15) is 25.8 Å². The average molecular weight is 322 g/mol. The third-order valence-corrected chi connectivity index (χ3v) is 4.29. The highest BCUT2D eigenvalue weighted by molar-refractivity contribution is 5.82. The van der Waals surface area contributed by atoms with Gasteiger partial charge in [0.1, 0.15) is 0 Å². The number of amides is 1. The number of carbonyl (C=O) groups is 1. The third-order valence-electron chi connectivity index (χ3n) is 4.29. The predicted molar refractivity (Wildman–Crippen MR) is 88.0 cm³/mol. The number of ether oxygens (including phenoxy) is 2. The molecule has 128 valence electrons. The lowest BCUT2D eigenvalue weighted by molar-refractivity contribution is -0.123. The van der Waals surface area contributed by atoms with Gasteiger partial charge in [0.15, 0.2) is 11.5 Å². The highest BCUT2D eigenvalue weighted by Crippen LogP contribution is 2.32. The Morgan fingerprint density at radius 2 is 2.04 bits per heavy atom. The van der Waals surface area contributed by atoms with Gasteiger partial charge >= 0.3 is 0 Å². The zero-order chi connectivity index (χ0) is 17.0. The second-order valence-electron chi connectivity index (χ2n) is 6.52. The van der Waals surface area contributed by atoms with Crippen molar-refractivity contribution in [3.63, 3.8) is 0 Å². The average Bonchev–Trinajstić information content (AvgIpc) is 2.98. The third kappa shape index (κ3) is 4.14. The summed E-state index contributed by atoms with van der Waals surface area (Å²) >= 11 is 0. The summed E-state index contributed by atoms with van der Waals surface area (Å²) in [6.07, 6.45) is 0.0208. The Hall–Kier alpha value is -1.79. The van der Waals surface area contributed by atoms with Crippen LogP contribution in [0.3, 0.4) is 0 Å². The molecule has 2 unspecified atom stereocenters. The van der Waals surface area contributed by atoms with Crippen molar-refractivity contribution in [3.05, 3.63) is 23.8 Å². The molecule has 1 aromatic carbocycles. The van der Waals surface area contributed by atoms with Crippen molar-refractivity contribution >= 4 is 5.91 Å². The van der Waals surface area contributed by atoms with E-state index in [2.05, 4.69) is 24.5 Å². The molecule has 1 heterocycles. The van der Waals surface area contributed by atoms with Gasteiger partial charge in [-0.25, -0.2) is 0 Å². The molecule has 1 aromatic rings. The van der Waals surface area contributed by atoms with Crippen LogP contribution < -0.4 is 20.1 Å². The molecule has 1 amide bonds. The first-order valence-corrected chi connectivity index (χ1v) is 7.79. The highest BCUT2D eigenvalue weighted by Gasteiger charge is 2.30. The Morgan fingerprint density at radius 3 is 2.61 bits per heavy atom. The number of carbonyl (C=O) groups excluding carboxylic acids is 1. The van der Waals surface area contributed by atoms with Gasteiger partial charge in [-0.15, -0.1) is 0 Å². The van der Waals surface area contributed by atoms with E-state index in [1.165, 1.54) is 0 Å². The fourth-order valence-electron chi connectivity index (χ4n) is 2.71. The van der Waals surface area contributed by atoms with E-state index in [0.717, 1.165) is 5.56 Å². The molecular weight excluding hydrogens is 296 g/mol. The number of aliphatic hydroxyl groups is 1. The standard InChI is InChI=1S/C17H26N2O4/c1-17(2,10-19-16(21)13-8-12(20)9-18-13)11-5-6-14(22-3)15(7-11)23-4/h5-7,12-13,18,20H,8-10H2,1-4H3,(H,19,21). The smallest absolute Gasteiger partial charge is 0.237 e. The van der Waals surface area contributed by atoms with E-state index in [4.69, 9.17) is 9.47 Å². The zero-order valence-electron chi connectivity index (χ0n) is 14.2. The van der Waals surface area contributed by atoms with Crippen molar-refractivity contribution < 1.29 is 19.4 Å². The molecule has 0 spiro atoms. The van der Waals surface area contributed by atoms with Gasteiger partial charge in [0.2, 0.25) is 5.91 Å². The molecule has 1 aliphatic heterocycles. The molecule has 6 heteroatoms. The summed E-state index contributed by atoms with van der Waals surface area (Å²) in [4.78, 5) is 12.2. The van der Waals surface area contributed by atoms with E-state index in [9.17, 15) is 9.90 Å². The lowest BCUT2D eigenvalue weighted by Gasteiger charge is -2.27. The minimum absolute atomic E-state index is 0.0740. The molecule has 1 aliphatic rings. The number of benzene rings is 1. The Morgan fingerprint density at radius 1 is 1.35 bits per heavy atom. The van der Waals surface area contributed by atoms with Crippen LogP contribution in [0.4, 0.5) is 0 Å². The second kappa shape index (κ2) is 7.19. The molecule has 3 N–H and O–H groups in total. The molecule has 0 bridgehead atoms. The van der Waals surface area contributed by atoms with Crippen molar-refractivity contribution in [2.75, 3.05) is 27.3 Å². The summed E-state index contributed by atoms with van der Waals surface area (Å²) in [6.45, 7) is 5.09. The Balaban J connectivity index is 2.02. The number of aliphatic hydroxyl groups excluding tert-OH is 1. The normalized spacial score (nSPS) is 21.1. The monoisotopic (exact) mass is 322 g/mol. The maximum absolute atomic E-state index is 12.2. The molecule has 0 aliphatic carbocycles. The van der Waals surface area contributed by atoms with Gasteiger partial charge in [0, 0.05) is 18.5 Å². The number of methoxy groups -OCH3 is 2. The van der Waals surface area contributed by atoms with Crippen LogP contribution in [-0.2, 0) is 10.2 Å². The lowest BCUT2D eigenvalue weighted by Crippen LogP contribution is -2.45. The van der Waals surface area contributed by atoms with Gasteiger partial charge < -0.3 is 25.2 Å². The van der Waals surface area contributed by atoms with Gasteiger partial charge in [-0.1, -0.05) is 19.9 Å². The minimum atomic E-state index is -0.440. The predicted octanol–water partition coefficient (Wildman–Crippen LogP) is 0.820. The quantitative estimate of drug-likeness (QED) is 0.723. The SMILES string of the molecule is COc1ccc(C(C)(C)CNC(=O)C2CC(O)CN2)cc1OC. The molecule has 6 nitrogen and oxygen atoms in total. The van der Waals surface area contributed by atoms with Crippen molar-refractivity contribution in [1.82, 2.24) is 10.6 Å². The van der Waals surface area contributed by atoms with Crippen LogP contribution in [0, 0.1) is 0 Å². The van der Waals surface area contributed by atoms with E-state index < -0.39 is 6.10 Å². The fraction of sp³-hybridized carbons (Fsp3) is 0.588. The largest absolute Gasteiger partial charge is 0.493 e. The van der Waals surface area contributed by atoms with Gasteiger partial charge in [0.25, 0.3) is 0 Å². The molecule has 0 saturated carbocycles. The van der Waals surface area contributed by atoms with E-state index in [-0.39, 0.29) is 17.4 Å². The Kier molecular flexibility index (Phi) is 5.49. The van der Waals surface area contributed by atoms with E-state index in [0.29, 0.717) is 31.0 Å². The molecule has 0 aromatic heterocycles. The molecule has 2 atom stereocenters. The highest BCUT2D eigenvalue weighted by atomic mass is 16.5. The van der Waals surface area contributed by atoms with E-state index >= 15 is 0 Å². The maximum atomic E-state index is 12.2. The lowest BCUT2D eigenvalue weighted by atomic mass is 9.84. The van der Waals surface area contributed by atoms with Crippen LogP contribution in [0.25, 0.3) is 0 Å². The summed E-state index contributed by atoms with van der Waals surface area (Å²) in [6, 6.07) is 5.46. The number of rotatable bonds is 6.